The first-order valence-electron chi connectivity index (χ1n) is 9.38. The molecule has 2 aromatic rings. The molecule has 0 saturated carbocycles. The summed E-state index contributed by atoms with van der Waals surface area (Å²) in [6.07, 6.45) is 1.09. The number of fused-ring (bicyclic) bond motifs is 2. The number of benzene rings is 1. The molecule has 3 heterocycles. The van der Waals surface area contributed by atoms with Gasteiger partial charge in [-0.3, -0.25) is 4.90 Å². The molecule has 4 rings (SSSR count). The van der Waals surface area contributed by atoms with Gasteiger partial charge >= 0.3 is 0 Å². The number of nitrogens with zero attached hydrogens (tertiary/aromatic N) is 4. The second kappa shape index (κ2) is 6.63. The second-order valence-electron chi connectivity index (χ2n) is 8.05. The zero-order valence-corrected chi connectivity index (χ0v) is 16.2. The first-order valence-corrected chi connectivity index (χ1v) is 9.38. The Bertz CT molecular complexity index is 820. The highest BCUT2D eigenvalue weighted by Gasteiger charge is 2.45. The SMILES string of the molecule is Cc1cccc(CN2CCC3(COCc4c(C)nc(N(C)C)nc43)C2)c1. The number of anilines is 1. The van der Waals surface area contributed by atoms with Crippen LogP contribution >= 0.6 is 0 Å². The van der Waals surface area contributed by atoms with E-state index in [-0.39, 0.29) is 5.41 Å². The summed E-state index contributed by atoms with van der Waals surface area (Å²) in [5, 5.41) is 0. The summed E-state index contributed by atoms with van der Waals surface area (Å²) in [5.41, 5.74) is 6.16. The van der Waals surface area contributed by atoms with Gasteiger partial charge in [-0.05, 0) is 32.4 Å². The second-order valence-corrected chi connectivity index (χ2v) is 8.05. The predicted molar refractivity (Wildman–Crippen MR) is 104 cm³/mol. The van der Waals surface area contributed by atoms with Gasteiger partial charge in [0, 0.05) is 38.4 Å². The van der Waals surface area contributed by atoms with Gasteiger partial charge in [-0.2, -0.15) is 0 Å². The molecular formula is C21H28N4O. The van der Waals surface area contributed by atoms with Gasteiger partial charge in [0.2, 0.25) is 5.95 Å². The van der Waals surface area contributed by atoms with Crippen LogP contribution in [0, 0.1) is 13.8 Å². The fourth-order valence-electron chi connectivity index (χ4n) is 4.28. The van der Waals surface area contributed by atoms with Crippen molar-refractivity contribution in [3.05, 3.63) is 52.3 Å². The molecule has 0 aliphatic carbocycles. The molecule has 138 valence electrons. The van der Waals surface area contributed by atoms with Crippen LogP contribution in [0.3, 0.4) is 0 Å². The predicted octanol–water partition coefficient (Wildman–Crippen LogP) is 2.83. The van der Waals surface area contributed by atoms with E-state index < -0.39 is 0 Å². The van der Waals surface area contributed by atoms with Gasteiger partial charge in [0.25, 0.3) is 0 Å². The number of hydrogen-bond donors (Lipinski definition) is 0. The molecular weight excluding hydrogens is 324 g/mol. The molecule has 0 radical (unpaired) electrons. The van der Waals surface area contributed by atoms with Crippen molar-refractivity contribution < 1.29 is 4.74 Å². The van der Waals surface area contributed by atoms with Gasteiger partial charge in [0.15, 0.2) is 0 Å². The van der Waals surface area contributed by atoms with Crippen LogP contribution in [0.5, 0.6) is 0 Å². The molecule has 5 nitrogen and oxygen atoms in total. The Morgan fingerprint density at radius 2 is 2.08 bits per heavy atom. The van der Waals surface area contributed by atoms with Crippen molar-refractivity contribution in [2.45, 2.75) is 38.8 Å². The van der Waals surface area contributed by atoms with Gasteiger partial charge in [-0.15, -0.1) is 0 Å². The van der Waals surface area contributed by atoms with Crippen LogP contribution in [0.2, 0.25) is 0 Å². The number of likely N-dealkylation sites (tertiary alicyclic amines) is 1. The Labute approximate surface area is 156 Å². The summed E-state index contributed by atoms with van der Waals surface area (Å²) in [6, 6.07) is 8.81. The lowest BCUT2D eigenvalue weighted by Gasteiger charge is -2.35. The average molecular weight is 352 g/mol. The first-order chi connectivity index (χ1) is 12.5. The maximum absolute atomic E-state index is 6.01. The molecule has 0 bridgehead atoms. The molecule has 2 aliphatic heterocycles. The standard InChI is InChI=1S/C21H28N4O/c1-15-6-5-7-17(10-15)11-25-9-8-21(13-25)14-26-12-18-16(2)22-20(24(3)4)23-19(18)21/h5-7,10H,8-9,11-14H2,1-4H3. The Kier molecular flexibility index (Phi) is 4.45. The van der Waals surface area contributed by atoms with E-state index in [0.717, 1.165) is 44.3 Å². The van der Waals surface area contributed by atoms with Gasteiger partial charge in [0.1, 0.15) is 0 Å². The third-order valence-electron chi connectivity index (χ3n) is 5.65. The van der Waals surface area contributed by atoms with Gasteiger partial charge in [0.05, 0.1) is 24.3 Å². The van der Waals surface area contributed by atoms with E-state index in [1.54, 1.807) is 0 Å². The quantitative estimate of drug-likeness (QED) is 0.850. The molecule has 1 atom stereocenters. The highest BCUT2D eigenvalue weighted by atomic mass is 16.5. The lowest BCUT2D eigenvalue weighted by molar-refractivity contribution is 0.0498. The minimum absolute atomic E-state index is 0.00410. The molecule has 1 aromatic carbocycles. The molecule has 5 heteroatoms. The zero-order valence-electron chi connectivity index (χ0n) is 16.2. The normalized spacial score (nSPS) is 22.6. The van der Waals surface area contributed by atoms with E-state index in [1.807, 2.05) is 19.0 Å². The fourth-order valence-corrected chi connectivity index (χ4v) is 4.28. The Hall–Kier alpha value is -1.98. The summed E-state index contributed by atoms with van der Waals surface area (Å²) in [4.78, 5) is 14.2. The number of aryl methyl sites for hydroxylation is 2. The largest absolute Gasteiger partial charge is 0.376 e. The maximum Gasteiger partial charge on any atom is 0.225 e. The van der Waals surface area contributed by atoms with Crippen molar-refractivity contribution in [2.75, 3.05) is 38.7 Å². The van der Waals surface area contributed by atoms with Crippen molar-refractivity contribution in [1.29, 1.82) is 0 Å². The zero-order chi connectivity index (χ0) is 18.3. The molecule has 2 aliphatic rings. The van der Waals surface area contributed by atoms with E-state index in [9.17, 15) is 0 Å². The number of hydrogen-bond acceptors (Lipinski definition) is 5. The molecule has 0 amide bonds. The van der Waals surface area contributed by atoms with E-state index in [4.69, 9.17) is 9.72 Å². The van der Waals surface area contributed by atoms with Crippen molar-refractivity contribution in [1.82, 2.24) is 14.9 Å². The van der Waals surface area contributed by atoms with Crippen molar-refractivity contribution >= 4 is 5.95 Å². The van der Waals surface area contributed by atoms with Crippen LogP contribution < -0.4 is 4.90 Å². The molecule has 1 saturated heterocycles. The summed E-state index contributed by atoms with van der Waals surface area (Å²) in [6.45, 7) is 8.69. The van der Waals surface area contributed by atoms with Crippen molar-refractivity contribution in [2.24, 2.45) is 0 Å². The van der Waals surface area contributed by atoms with Crippen LogP contribution in [0.25, 0.3) is 0 Å². The number of ether oxygens (including phenoxy) is 1. The lowest BCUT2D eigenvalue weighted by Crippen LogP contribution is -2.41. The summed E-state index contributed by atoms with van der Waals surface area (Å²) in [7, 11) is 4.01. The third kappa shape index (κ3) is 3.10. The van der Waals surface area contributed by atoms with Crippen LogP contribution in [-0.4, -0.2) is 48.7 Å². The van der Waals surface area contributed by atoms with Crippen LogP contribution in [0.15, 0.2) is 24.3 Å². The molecule has 1 unspecified atom stereocenters. The van der Waals surface area contributed by atoms with Crippen molar-refractivity contribution in [3.8, 4) is 0 Å². The molecule has 1 aromatic heterocycles. The van der Waals surface area contributed by atoms with Crippen LogP contribution in [0.1, 0.15) is 34.5 Å². The lowest BCUT2D eigenvalue weighted by atomic mass is 9.80. The van der Waals surface area contributed by atoms with E-state index in [2.05, 4.69) is 48.0 Å². The van der Waals surface area contributed by atoms with E-state index >= 15 is 0 Å². The smallest absolute Gasteiger partial charge is 0.225 e. The minimum Gasteiger partial charge on any atom is -0.376 e. The van der Waals surface area contributed by atoms with Gasteiger partial charge < -0.3 is 9.64 Å². The number of rotatable bonds is 3. The molecule has 0 N–H and O–H groups in total. The highest BCUT2D eigenvalue weighted by molar-refractivity contribution is 5.41. The minimum atomic E-state index is -0.00410. The highest BCUT2D eigenvalue weighted by Crippen LogP contribution is 2.40. The van der Waals surface area contributed by atoms with E-state index in [0.29, 0.717) is 6.61 Å². The van der Waals surface area contributed by atoms with E-state index in [1.165, 1.54) is 22.4 Å². The fraction of sp³-hybridized carbons (Fsp3) is 0.524. The topological polar surface area (TPSA) is 41.5 Å². The van der Waals surface area contributed by atoms with Gasteiger partial charge in [-0.25, -0.2) is 9.97 Å². The monoisotopic (exact) mass is 352 g/mol. The van der Waals surface area contributed by atoms with Crippen LogP contribution in [0.4, 0.5) is 5.95 Å². The summed E-state index contributed by atoms with van der Waals surface area (Å²) < 4.78 is 6.01. The molecule has 1 spiro atoms. The Morgan fingerprint density at radius 3 is 2.85 bits per heavy atom. The van der Waals surface area contributed by atoms with Gasteiger partial charge in [-0.1, -0.05) is 29.8 Å². The maximum atomic E-state index is 6.01. The van der Waals surface area contributed by atoms with Crippen LogP contribution in [-0.2, 0) is 23.3 Å². The third-order valence-corrected chi connectivity index (χ3v) is 5.65. The average Bonchev–Trinajstić information content (AvgIpc) is 2.99. The molecule has 1 fully saturated rings. The first kappa shape index (κ1) is 17.4. The number of aromatic nitrogens is 2. The van der Waals surface area contributed by atoms with Crippen molar-refractivity contribution in [3.63, 3.8) is 0 Å². The summed E-state index contributed by atoms with van der Waals surface area (Å²) in [5.74, 6) is 0.805. The summed E-state index contributed by atoms with van der Waals surface area (Å²) >= 11 is 0. The molecule has 26 heavy (non-hydrogen) atoms. The Morgan fingerprint density at radius 1 is 1.23 bits per heavy atom. The Balaban J connectivity index is 1.63.